The van der Waals surface area contributed by atoms with Crippen molar-refractivity contribution in [1.82, 2.24) is 14.3 Å². The molecular formula is C8H10N4OS. The molecule has 1 atom stereocenters. The highest BCUT2D eigenvalue weighted by atomic mass is 32.1. The summed E-state index contributed by atoms with van der Waals surface area (Å²) >= 11 is 1.31. The Morgan fingerprint density at radius 1 is 1.50 bits per heavy atom. The monoisotopic (exact) mass is 210 g/mol. The van der Waals surface area contributed by atoms with Gasteiger partial charge in [0, 0.05) is 11.5 Å². The fraction of sp³-hybridized carbons (Fsp3) is 0.375. The molecule has 1 unspecified atom stereocenters. The predicted octanol–water partition coefficient (Wildman–Crippen LogP) is 2.01. The number of oxazole rings is 1. The van der Waals surface area contributed by atoms with Gasteiger partial charge in [-0.2, -0.15) is 4.37 Å². The first-order valence-electron chi connectivity index (χ1n) is 4.21. The molecule has 0 amide bonds. The molecule has 0 aliphatic carbocycles. The van der Waals surface area contributed by atoms with Crippen LogP contribution >= 0.6 is 11.5 Å². The largest absolute Gasteiger partial charge is 0.444 e. The first-order chi connectivity index (χ1) is 6.75. The van der Waals surface area contributed by atoms with Gasteiger partial charge in [0.2, 0.25) is 11.0 Å². The Hall–Kier alpha value is -1.43. The third-order valence-electron chi connectivity index (χ3n) is 1.71. The highest BCUT2D eigenvalue weighted by Crippen LogP contribution is 2.18. The predicted molar refractivity (Wildman–Crippen MR) is 53.2 cm³/mol. The number of hydrogen-bond acceptors (Lipinski definition) is 6. The number of aromatic nitrogens is 3. The SMILES string of the molecule is Cc1cnc(C(C)Nc2ncns2)o1. The summed E-state index contributed by atoms with van der Waals surface area (Å²) in [5.74, 6) is 1.48. The van der Waals surface area contributed by atoms with Gasteiger partial charge in [-0.1, -0.05) is 0 Å². The van der Waals surface area contributed by atoms with Gasteiger partial charge in [-0.25, -0.2) is 9.97 Å². The third kappa shape index (κ3) is 1.90. The standard InChI is InChI=1S/C8H10N4OS/c1-5-3-9-7(13-5)6(2)12-8-10-4-11-14-8/h3-4,6H,1-2H3,(H,10,11,12). The molecule has 0 saturated heterocycles. The summed E-state index contributed by atoms with van der Waals surface area (Å²) in [7, 11) is 0. The van der Waals surface area contributed by atoms with E-state index in [0.29, 0.717) is 5.89 Å². The van der Waals surface area contributed by atoms with E-state index in [0.717, 1.165) is 10.9 Å². The number of anilines is 1. The Labute approximate surface area is 85.4 Å². The van der Waals surface area contributed by atoms with Crippen LogP contribution in [0.15, 0.2) is 16.9 Å². The molecule has 5 nitrogen and oxygen atoms in total. The van der Waals surface area contributed by atoms with E-state index in [-0.39, 0.29) is 6.04 Å². The van der Waals surface area contributed by atoms with Crippen LogP contribution in [0.25, 0.3) is 0 Å². The molecule has 0 fully saturated rings. The lowest BCUT2D eigenvalue weighted by atomic mass is 10.3. The molecule has 74 valence electrons. The number of hydrogen-bond donors (Lipinski definition) is 1. The van der Waals surface area contributed by atoms with Crippen molar-refractivity contribution in [3.05, 3.63) is 24.2 Å². The zero-order valence-electron chi connectivity index (χ0n) is 7.89. The maximum Gasteiger partial charge on any atom is 0.216 e. The van der Waals surface area contributed by atoms with Crippen LogP contribution in [0.4, 0.5) is 5.13 Å². The van der Waals surface area contributed by atoms with Crippen molar-refractivity contribution < 1.29 is 4.42 Å². The average Bonchev–Trinajstić information content (AvgIpc) is 2.75. The van der Waals surface area contributed by atoms with E-state index in [1.165, 1.54) is 17.9 Å². The van der Waals surface area contributed by atoms with Crippen LogP contribution in [0.3, 0.4) is 0 Å². The summed E-state index contributed by atoms with van der Waals surface area (Å²) in [5, 5.41) is 3.91. The molecule has 1 N–H and O–H groups in total. The van der Waals surface area contributed by atoms with Crippen LogP contribution in [0, 0.1) is 6.92 Å². The average molecular weight is 210 g/mol. The van der Waals surface area contributed by atoms with E-state index >= 15 is 0 Å². The molecule has 0 saturated carbocycles. The first-order valence-corrected chi connectivity index (χ1v) is 4.98. The van der Waals surface area contributed by atoms with Crippen LogP contribution in [-0.2, 0) is 0 Å². The van der Waals surface area contributed by atoms with Crippen LogP contribution in [0.2, 0.25) is 0 Å². The van der Waals surface area contributed by atoms with Gasteiger partial charge in [-0.15, -0.1) is 0 Å². The molecular weight excluding hydrogens is 200 g/mol. The summed E-state index contributed by atoms with van der Waals surface area (Å²) in [6.45, 7) is 3.83. The summed E-state index contributed by atoms with van der Waals surface area (Å²) in [5.41, 5.74) is 0. The normalized spacial score (nSPS) is 12.7. The third-order valence-corrected chi connectivity index (χ3v) is 2.31. The lowest BCUT2D eigenvalue weighted by Gasteiger charge is -2.07. The smallest absolute Gasteiger partial charge is 0.216 e. The Kier molecular flexibility index (Phi) is 2.45. The highest BCUT2D eigenvalue weighted by molar-refractivity contribution is 7.09. The lowest BCUT2D eigenvalue weighted by molar-refractivity contribution is 0.453. The summed E-state index contributed by atoms with van der Waals surface area (Å²) < 4.78 is 9.27. The van der Waals surface area contributed by atoms with Crippen LogP contribution in [0.1, 0.15) is 24.6 Å². The highest BCUT2D eigenvalue weighted by Gasteiger charge is 2.11. The maximum atomic E-state index is 5.38. The molecule has 6 heteroatoms. The van der Waals surface area contributed by atoms with Crippen LogP contribution < -0.4 is 5.32 Å². The van der Waals surface area contributed by atoms with Gasteiger partial charge in [0.15, 0.2) is 0 Å². The van der Waals surface area contributed by atoms with E-state index in [9.17, 15) is 0 Å². The van der Waals surface area contributed by atoms with Gasteiger partial charge in [-0.05, 0) is 13.8 Å². The zero-order valence-corrected chi connectivity index (χ0v) is 8.71. The van der Waals surface area contributed by atoms with Gasteiger partial charge in [-0.3, -0.25) is 0 Å². The van der Waals surface area contributed by atoms with Gasteiger partial charge in [0.1, 0.15) is 18.1 Å². The molecule has 2 aromatic heterocycles. The molecule has 0 radical (unpaired) electrons. The Bertz CT molecular complexity index is 397. The molecule has 14 heavy (non-hydrogen) atoms. The minimum absolute atomic E-state index is 0.0108. The van der Waals surface area contributed by atoms with Gasteiger partial charge >= 0.3 is 0 Å². The molecule has 0 aliphatic rings. The minimum Gasteiger partial charge on any atom is -0.444 e. The molecule has 0 spiro atoms. The summed E-state index contributed by atoms with van der Waals surface area (Å²) in [6, 6.07) is 0.0108. The van der Waals surface area contributed by atoms with Crippen molar-refractivity contribution in [2.75, 3.05) is 5.32 Å². The van der Waals surface area contributed by atoms with Gasteiger partial charge < -0.3 is 9.73 Å². The molecule has 0 aliphatic heterocycles. The second-order valence-corrected chi connectivity index (χ2v) is 3.70. The van der Waals surface area contributed by atoms with Crippen molar-refractivity contribution in [2.45, 2.75) is 19.9 Å². The van der Waals surface area contributed by atoms with Crippen molar-refractivity contribution in [3.8, 4) is 0 Å². The van der Waals surface area contributed by atoms with E-state index in [4.69, 9.17) is 4.42 Å². The second kappa shape index (κ2) is 3.75. The Morgan fingerprint density at radius 3 is 2.93 bits per heavy atom. The number of rotatable bonds is 3. The van der Waals surface area contributed by atoms with Gasteiger partial charge in [0.25, 0.3) is 0 Å². The topological polar surface area (TPSA) is 63.8 Å². The van der Waals surface area contributed by atoms with Crippen LogP contribution in [0.5, 0.6) is 0 Å². The van der Waals surface area contributed by atoms with Crippen molar-refractivity contribution in [3.63, 3.8) is 0 Å². The van der Waals surface area contributed by atoms with Crippen LogP contribution in [-0.4, -0.2) is 14.3 Å². The number of nitrogens with one attached hydrogen (secondary N) is 1. The van der Waals surface area contributed by atoms with Gasteiger partial charge in [0.05, 0.1) is 6.20 Å². The minimum atomic E-state index is 0.0108. The Balaban J connectivity index is 2.06. The number of aryl methyl sites for hydroxylation is 1. The molecule has 0 bridgehead atoms. The molecule has 2 heterocycles. The zero-order chi connectivity index (χ0) is 9.97. The van der Waals surface area contributed by atoms with Crippen molar-refractivity contribution in [2.24, 2.45) is 0 Å². The summed E-state index contributed by atoms with van der Waals surface area (Å²) in [4.78, 5) is 8.14. The molecule has 0 aromatic carbocycles. The summed E-state index contributed by atoms with van der Waals surface area (Å²) in [6.07, 6.45) is 3.22. The molecule has 2 aromatic rings. The van der Waals surface area contributed by atoms with Crippen molar-refractivity contribution >= 4 is 16.7 Å². The number of nitrogens with zero attached hydrogens (tertiary/aromatic N) is 3. The maximum absolute atomic E-state index is 5.38. The fourth-order valence-electron chi connectivity index (χ4n) is 1.06. The molecule has 2 rings (SSSR count). The van der Waals surface area contributed by atoms with E-state index in [2.05, 4.69) is 19.7 Å². The van der Waals surface area contributed by atoms with E-state index in [1.54, 1.807) is 6.20 Å². The van der Waals surface area contributed by atoms with Crippen molar-refractivity contribution in [1.29, 1.82) is 0 Å². The first kappa shape index (κ1) is 9.14. The van der Waals surface area contributed by atoms with E-state index in [1.807, 2.05) is 13.8 Å². The Morgan fingerprint density at radius 2 is 2.36 bits per heavy atom. The fourth-order valence-corrected chi connectivity index (χ4v) is 1.57. The van der Waals surface area contributed by atoms with E-state index < -0.39 is 0 Å². The lowest BCUT2D eigenvalue weighted by Crippen LogP contribution is -2.06. The second-order valence-electron chi connectivity index (χ2n) is 2.92. The quantitative estimate of drug-likeness (QED) is 0.839.